The molecule has 3 aromatic rings. The molecular weight excluding hydrogens is 424 g/mol. The second-order valence-corrected chi connectivity index (χ2v) is 7.75. The Bertz CT molecular complexity index is 1210. The molecule has 1 fully saturated rings. The first-order valence-corrected chi connectivity index (χ1v) is 10.5. The van der Waals surface area contributed by atoms with Crippen LogP contribution in [0.3, 0.4) is 0 Å². The summed E-state index contributed by atoms with van der Waals surface area (Å²) in [7, 11) is 0. The predicted octanol–water partition coefficient (Wildman–Crippen LogP) is 3.84. The van der Waals surface area contributed by atoms with Crippen molar-refractivity contribution in [2.75, 3.05) is 11.9 Å². The van der Waals surface area contributed by atoms with E-state index in [9.17, 15) is 19.2 Å². The molecule has 33 heavy (non-hydrogen) atoms. The molecule has 4 rings (SSSR count). The molecule has 168 valence electrons. The van der Waals surface area contributed by atoms with E-state index in [-0.39, 0.29) is 23.5 Å². The number of Topliss-reactive ketones (excluding diaryl/α,β-unsaturated/α-hetero) is 1. The molecule has 2 N–H and O–H groups in total. The average molecular weight is 446 g/mol. The topological polar surface area (TPSA) is 115 Å². The summed E-state index contributed by atoms with van der Waals surface area (Å²) in [6.07, 6.45) is 1.97. The van der Waals surface area contributed by atoms with E-state index < -0.39 is 18.5 Å². The van der Waals surface area contributed by atoms with Crippen molar-refractivity contribution in [3.8, 4) is 11.3 Å². The fourth-order valence-corrected chi connectivity index (χ4v) is 3.11. The van der Waals surface area contributed by atoms with Crippen LogP contribution < -0.4 is 10.6 Å². The van der Waals surface area contributed by atoms with E-state index >= 15 is 0 Å². The van der Waals surface area contributed by atoms with Gasteiger partial charge < -0.3 is 19.8 Å². The van der Waals surface area contributed by atoms with Gasteiger partial charge in [-0.2, -0.15) is 0 Å². The third kappa shape index (κ3) is 5.74. The van der Waals surface area contributed by atoms with Gasteiger partial charge in [0, 0.05) is 28.4 Å². The molecule has 0 spiro atoms. The SMILES string of the molecule is CC(=O)c1ccc(-c2ccc(C(=O)OCC(=O)Nc3cccc(C(=O)NC4CC4)c3)o2)cc1. The maximum Gasteiger partial charge on any atom is 0.374 e. The zero-order valence-electron chi connectivity index (χ0n) is 17.9. The lowest BCUT2D eigenvalue weighted by atomic mass is 10.1. The Morgan fingerprint density at radius 1 is 0.970 bits per heavy atom. The van der Waals surface area contributed by atoms with E-state index in [4.69, 9.17) is 9.15 Å². The number of ketones is 1. The second kappa shape index (κ2) is 9.52. The largest absolute Gasteiger partial charge is 0.450 e. The summed E-state index contributed by atoms with van der Waals surface area (Å²) < 4.78 is 10.6. The highest BCUT2D eigenvalue weighted by atomic mass is 16.5. The smallest absolute Gasteiger partial charge is 0.374 e. The number of amides is 2. The third-order valence-electron chi connectivity index (χ3n) is 5.04. The predicted molar refractivity (Wildman–Crippen MR) is 120 cm³/mol. The summed E-state index contributed by atoms with van der Waals surface area (Å²) >= 11 is 0. The van der Waals surface area contributed by atoms with E-state index in [1.165, 1.54) is 13.0 Å². The Balaban J connectivity index is 1.30. The highest BCUT2D eigenvalue weighted by Gasteiger charge is 2.24. The van der Waals surface area contributed by atoms with Crippen molar-refractivity contribution in [2.45, 2.75) is 25.8 Å². The van der Waals surface area contributed by atoms with Gasteiger partial charge in [-0.15, -0.1) is 0 Å². The van der Waals surface area contributed by atoms with Crippen molar-refractivity contribution < 1.29 is 28.3 Å². The van der Waals surface area contributed by atoms with Gasteiger partial charge >= 0.3 is 5.97 Å². The van der Waals surface area contributed by atoms with Gasteiger partial charge in [0.1, 0.15) is 5.76 Å². The number of anilines is 1. The van der Waals surface area contributed by atoms with Crippen LogP contribution in [0.2, 0.25) is 0 Å². The summed E-state index contributed by atoms with van der Waals surface area (Å²) in [5.41, 5.74) is 2.14. The van der Waals surface area contributed by atoms with Crippen LogP contribution in [0, 0.1) is 0 Å². The third-order valence-corrected chi connectivity index (χ3v) is 5.04. The van der Waals surface area contributed by atoms with Crippen molar-refractivity contribution in [1.82, 2.24) is 5.32 Å². The van der Waals surface area contributed by atoms with Crippen LogP contribution in [0.25, 0.3) is 11.3 Å². The van der Waals surface area contributed by atoms with Crippen LogP contribution in [0.1, 0.15) is 51.0 Å². The number of esters is 1. The number of ether oxygens (including phenoxy) is 1. The molecule has 0 atom stereocenters. The van der Waals surface area contributed by atoms with Gasteiger partial charge in [-0.1, -0.05) is 30.3 Å². The summed E-state index contributed by atoms with van der Waals surface area (Å²) in [4.78, 5) is 48.0. The van der Waals surface area contributed by atoms with Gasteiger partial charge in [0.05, 0.1) is 0 Å². The number of rotatable bonds is 8. The lowest BCUT2D eigenvalue weighted by Crippen LogP contribution is -2.25. The molecule has 1 aliphatic rings. The molecule has 0 saturated heterocycles. The molecule has 1 aromatic heterocycles. The Labute approximate surface area is 189 Å². The van der Waals surface area contributed by atoms with Gasteiger partial charge in [0.25, 0.3) is 11.8 Å². The van der Waals surface area contributed by atoms with Crippen molar-refractivity contribution in [1.29, 1.82) is 0 Å². The van der Waals surface area contributed by atoms with E-state index in [0.29, 0.717) is 28.1 Å². The van der Waals surface area contributed by atoms with Gasteiger partial charge in [-0.05, 0) is 50.1 Å². The molecule has 0 unspecified atom stereocenters. The van der Waals surface area contributed by atoms with Crippen LogP contribution in [0.5, 0.6) is 0 Å². The lowest BCUT2D eigenvalue weighted by Gasteiger charge is -2.08. The molecule has 8 nitrogen and oxygen atoms in total. The highest BCUT2D eigenvalue weighted by Crippen LogP contribution is 2.23. The number of benzene rings is 2. The van der Waals surface area contributed by atoms with Gasteiger partial charge in [0.15, 0.2) is 12.4 Å². The molecule has 1 heterocycles. The zero-order valence-corrected chi connectivity index (χ0v) is 17.9. The van der Waals surface area contributed by atoms with E-state index in [1.807, 2.05) is 0 Å². The summed E-state index contributed by atoms with van der Waals surface area (Å²) in [6, 6.07) is 16.6. The molecule has 2 amide bonds. The Morgan fingerprint density at radius 2 is 1.73 bits per heavy atom. The van der Waals surface area contributed by atoms with Crippen molar-refractivity contribution in [3.63, 3.8) is 0 Å². The number of nitrogens with one attached hydrogen (secondary N) is 2. The minimum Gasteiger partial charge on any atom is -0.450 e. The molecule has 0 radical (unpaired) electrons. The normalized spacial score (nSPS) is 12.6. The molecule has 1 aliphatic carbocycles. The monoisotopic (exact) mass is 446 g/mol. The minimum absolute atomic E-state index is 0.0446. The zero-order chi connectivity index (χ0) is 23.4. The molecule has 0 aliphatic heterocycles. The highest BCUT2D eigenvalue weighted by molar-refractivity contribution is 5.98. The van der Waals surface area contributed by atoms with E-state index in [0.717, 1.165) is 12.8 Å². The molecule has 8 heteroatoms. The number of hydrogen-bond donors (Lipinski definition) is 2. The molecule has 0 bridgehead atoms. The van der Waals surface area contributed by atoms with Crippen LogP contribution in [0.4, 0.5) is 5.69 Å². The first-order valence-electron chi connectivity index (χ1n) is 10.5. The number of carbonyl (C=O) groups is 4. The van der Waals surface area contributed by atoms with Crippen LogP contribution in [-0.2, 0) is 9.53 Å². The second-order valence-electron chi connectivity index (χ2n) is 7.75. The van der Waals surface area contributed by atoms with Crippen LogP contribution in [0.15, 0.2) is 65.1 Å². The van der Waals surface area contributed by atoms with Crippen molar-refractivity contribution in [3.05, 3.63) is 77.6 Å². The first kappa shape index (κ1) is 22.0. The number of carbonyl (C=O) groups excluding carboxylic acids is 4. The molecule has 2 aromatic carbocycles. The fourth-order valence-electron chi connectivity index (χ4n) is 3.11. The molecule has 1 saturated carbocycles. The first-order chi connectivity index (χ1) is 15.9. The van der Waals surface area contributed by atoms with Gasteiger partial charge in [0.2, 0.25) is 5.76 Å². The minimum atomic E-state index is -0.783. The quantitative estimate of drug-likeness (QED) is 0.401. The van der Waals surface area contributed by atoms with E-state index in [1.54, 1.807) is 54.6 Å². The van der Waals surface area contributed by atoms with Crippen LogP contribution in [-0.4, -0.2) is 36.2 Å². The van der Waals surface area contributed by atoms with E-state index in [2.05, 4.69) is 10.6 Å². The summed E-state index contributed by atoms with van der Waals surface area (Å²) in [5.74, 6) is -1.18. The average Bonchev–Trinajstić information content (AvgIpc) is 3.49. The van der Waals surface area contributed by atoms with Gasteiger partial charge in [-0.25, -0.2) is 4.79 Å². The van der Waals surface area contributed by atoms with Crippen molar-refractivity contribution >= 4 is 29.3 Å². The Hall–Kier alpha value is -4.20. The number of furan rings is 1. The standard InChI is InChI=1S/C25H22N2O6/c1-15(28)16-5-7-17(8-6-16)21-11-12-22(33-21)25(31)32-14-23(29)26-20-4-2-3-18(13-20)24(30)27-19-9-10-19/h2-8,11-13,19H,9-10,14H2,1H3,(H,26,29)(H,27,30). The number of hydrogen-bond acceptors (Lipinski definition) is 6. The lowest BCUT2D eigenvalue weighted by molar-refractivity contribution is -0.119. The summed E-state index contributed by atoms with van der Waals surface area (Å²) in [6.45, 7) is 0.968. The molecular formula is C25H22N2O6. The maximum atomic E-state index is 12.2. The Morgan fingerprint density at radius 3 is 2.42 bits per heavy atom. The van der Waals surface area contributed by atoms with Crippen LogP contribution >= 0.6 is 0 Å². The fraction of sp³-hybridized carbons (Fsp3) is 0.200. The van der Waals surface area contributed by atoms with Crippen molar-refractivity contribution in [2.24, 2.45) is 0 Å². The Kier molecular flexibility index (Phi) is 6.35. The maximum absolute atomic E-state index is 12.2. The summed E-state index contributed by atoms with van der Waals surface area (Å²) in [5, 5.41) is 5.49. The van der Waals surface area contributed by atoms with Gasteiger partial charge in [-0.3, -0.25) is 14.4 Å².